The maximum absolute atomic E-state index is 13.8. The van der Waals surface area contributed by atoms with E-state index >= 15 is 0 Å². The second kappa shape index (κ2) is 10.6. The number of halogens is 1. The van der Waals surface area contributed by atoms with Crippen LogP contribution in [0.25, 0.3) is 10.9 Å². The van der Waals surface area contributed by atoms with Crippen molar-refractivity contribution >= 4 is 34.4 Å². The van der Waals surface area contributed by atoms with E-state index in [0.29, 0.717) is 27.7 Å². The van der Waals surface area contributed by atoms with Crippen LogP contribution in [-0.2, 0) is 16.0 Å². The summed E-state index contributed by atoms with van der Waals surface area (Å²) in [5.41, 5.74) is 2.32. The van der Waals surface area contributed by atoms with Gasteiger partial charge in [0.1, 0.15) is 11.6 Å². The molecule has 0 atom stereocenters. The molecule has 1 aromatic heterocycles. The molecule has 0 bridgehead atoms. The van der Waals surface area contributed by atoms with Crippen LogP contribution >= 0.6 is 0 Å². The standard InChI is InChI=1S/C27H23FN2O5/c1-2-34-26(32)18-7-11-20(12-8-18)35-27(33)22-16-29-24-13-10-19(15-21(22)24)30-25(31)14-9-17-5-3-4-6-23(17)28/h3-8,10-13,15-16,29H,2,9,14H2,1H3,(H,30,31). The molecule has 178 valence electrons. The monoisotopic (exact) mass is 474 g/mol. The fraction of sp³-hybridized carbons (Fsp3) is 0.148. The van der Waals surface area contributed by atoms with Crippen molar-refractivity contribution in [2.75, 3.05) is 11.9 Å². The van der Waals surface area contributed by atoms with Crippen molar-refractivity contribution in [3.05, 3.63) is 95.4 Å². The molecule has 0 unspecified atom stereocenters. The highest BCUT2D eigenvalue weighted by molar-refractivity contribution is 6.06. The van der Waals surface area contributed by atoms with E-state index in [2.05, 4.69) is 10.3 Å². The maximum Gasteiger partial charge on any atom is 0.345 e. The molecule has 0 saturated heterocycles. The number of hydrogen-bond acceptors (Lipinski definition) is 5. The highest BCUT2D eigenvalue weighted by Gasteiger charge is 2.16. The number of hydrogen-bond donors (Lipinski definition) is 2. The summed E-state index contributed by atoms with van der Waals surface area (Å²) < 4.78 is 24.2. The van der Waals surface area contributed by atoms with Crippen LogP contribution in [0, 0.1) is 5.82 Å². The van der Waals surface area contributed by atoms with Gasteiger partial charge < -0.3 is 19.8 Å². The first-order valence-electron chi connectivity index (χ1n) is 11.1. The smallest absolute Gasteiger partial charge is 0.345 e. The van der Waals surface area contributed by atoms with Crippen LogP contribution in [0.1, 0.15) is 39.6 Å². The van der Waals surface area contributed by atoms with Crippen LogP contribution in [0.2, 0.25) is 0 Å². The molecule has 2 N–H and O–H groups in total. The number of esters is 2. The molecule has 35 heavy (non-hydrogen) atoms. The molecule has 4 rings (SSSR count). The second-order valence-electron chi connectivity index (χ2n) is 7.74. The zero-order valence-corrected chi connectivity index (χ0v) is 19.0. The third kappa shape index (κ3) is 5.73. The zero-order chi connectivity index (χ0) is 24.8. The molecule has 7 nitrogen and oxygen atoms in total. The van der Waals surface area contributed by atoms with Gasteiger partial charge in [0.2, 0.25) is 5.91 Å². The summed E-state index contributed by atoms with van der Waals surface area (Å²) in [6, 6.07) is 17.5. The van der Waals surface area contributed by atoms with Crippen LogP contribution in [0.5, 0.6) is 5.75 Å². The maximum atomic E-state index is 13.8. The van der Waals surface area contributed by atoms with E-state index in [-0.39, 0.29) is 42.5 Å². The number of anilines is 1. The summed E-state index contributed by atoms with van der Waals surface area (Å²) in [7, 11) is 0. The highest BCUT2D eigenvalue weighted by atomic mass is 19.1. The van der Waals surface area contributed by atoms with Gasteiger partial charge in [-0.15, -0.1) is 0 Å². The van der Waals surface area contributed by atoms with Gasteiger partial charge in [0.15, 0.2) is 0 Å². The Morgan fingerprint density at radius 2 is 1.74 bits per heavy atom. The Balaban J connectivity index is 1.43. The third-order valence-corrected chi connectivity index (χ3v) is 5.34. The molecule has 1 amide bonds. The van der Waals surface area contributed by atoms with E-state index in [9.17, 15) is 18.8 Å². The lowest BCUT2D eigenvalue weighted by atomic mass is 10.1. The fourth-order valence-corrected chi connectivity index (χ4v) is 3.58. The number of ether oxygens (including phenoxy) is 2. The zero-order valence-electron chi connectivity index (χ0n) is 19.0. The normalized spacial score (nSPS) is 10.7. The van der Waals surface area contributed by atoms with Crippen LogP contribution in [0.15, 0.2) is 72.9 Å². The van der Waals surface area contributed by atoms with E-state index in [1.54, 1.807) is 43.3 Å². The Morgan fingerprint density at radius 1 is 0.971 bits per heavy atom. The molecule has 0 aliphatic rings. The SMILES string of the molecule is CCOC(=O)c1ccc(OC(=O)c2c[nH]c3ccc(NC(=O)CCc4ccccc4F)cc23)cc1. The molecule has 0 saturated carbocycles. The Kier molecular flexibility index (Phi) is 7.21. The summed E-state index contributed by atoms with van der Waals surface area (Å²) in [6.45, 7) is 1.99. The second-order valence-corrected chi connectivity index (χ2v) is 7.74. The van der Waals surface area contributed by atoms with Gasteiger partial charge in [-0.3, -0.25) is 4.79 Å². The predicted octanol–water partition coefficient (Wildman–Crippen LogP) is 5.27. The van der Waals surface area contributed by atoms with Gasteiger partial charge >= 0.3 is 11.9 Å². The lowest BCUT2D eigenvalue weighted by Gasteiger charge is -2.07. The van der Waals surface area contributed by atoms with E-state index in [0.717, 1.165) is 0 Å². The van der Waals surface area contributed by atoms with Crippen molar-refractivity contribution in [1.82, 2.24) is 4.98 Å². The summed E-state index contributed by atoms with van der Waals surface area (Å²) in [4.78, 5) is 39.9. The first-order valence-corrected chi connectivity index (χ1v) is 11.1. The van der Waals surface area contributed by atoms with E-state index in [1.165, 1.54) is 36.5 Å². The minimum Gasteiger partial charge on any atom is -0.462 e. The van der Waals surface area contributed by atoms with Gasteiger partial charge in [0.25, 0.3) is 0 Å². The molecule has 1 heterocycles. The number of H-pyrrole nitrogens is 1. The molecular weight excluding hydrogens is 451 g/mol. The lowest BCUT2D eigenvalue weighted by molar-refractivity contribution is -0.116. The Morgan fingerprint density at radius 3 is 2.49 bits per heavy atom. The number of aryl methyl sites for hydroxylation is 1. The van der Waals surface area contributed by atoms with Gasteiger partial charge in [-0.1, -0.05) is 18.2 Å². The predicted molar refractivity (Wildman–Crippen MR) is 129 cm³/mol. The topological polar surface area (TPSA) is 97.5 Å². The van der Waals surface area contributed by atoms with Crippen molar-refractivity contribution in [3.8, 4) is 5.75 Å². The molecule has 4 aromatic rings. The number of benzene rings is 3. The summed E-state index contributed by atoms with van der Waals surface area (Å²) in [6.07, 6.45) is 1.92. The molecule has 0 aliphatic carbocycles. The van der Waals surface area contributed by atoms with Gasteiger partial charge in [-0.2, -0.15) is 0 Å². The molecule has 0 radical (unpaired) electrons. The van der Waals surface area contributed by atoms with Crippen LogP contribution < -0.4 is 10.1 Å². The number of fused-ring (bicyclic) bond motifs is 1. The number of nitrogens with one attached hydrogen (secondary N) is 2. The molecule has 3 aromatic carbocycles. The van der Waals surface area contributed by atoms with Crippen molar-refractivity contribution < 1.29 is 28.2 Å². The molecule has 0 aliphatic heterocycles. The fourth-order valence-electron chi connectivity index (χ4n) is 3.58. The van der Waals surface area contributed by atoms with Crippen LogP contribution in [-0.4, -0.2) is 29.4 Å². The Labute approximate surface area is 200 Å². The minimum absolute atomic E-state index is 0.114. The lowest BCUT2D eigenvalue weighted by Crippen LogP contribution is -2.13. The van der Waals surface area contributed by atoms with Gasteiger partial charge in [-0.05, 0) is 67.4 Å². The Bertz CT molecular complexity index is 1380. The van der Waals surface area contributed by atoms with E-state index in [1.807, 2.05) is 0 Å². The molecule has 8 heteroatoms. The van der Waals surface area contributed by atoms with Crippen molar-refractivity contribution in [3.63, 3.8) is 0 Å². The van der Waals surface area contributed by atoms with Crippen molar-refractivity contribution in [1.29, 1.82) is 0 Å². The number of rotatable bonds is 8. The number of amides is 1. The van der Waals surface area contributed by atoms with Crippen molar-refractivity contribution in [2.45, 2.75) is 19.8 Å². The molecule has 0 spiro atoms. The first-order chi connectivity index (χ1) is 16.9. The number of carbonyl (C=O) groups is 3. The summed E-state index contributed by atoms with van der Waals surface area (Å²) >= 11 is 0. The average molecular weight is 474 g/mol. The van der Waals surface area contributed by atoms with Gasteiger partial charge in [-0.25, -0.2) is 14.0 Å². The summed E-state index contributed by atoms with van der Waals surface area (Å²) in [5, 5.41) is 3.36. The average Bonchev–Trinajstić information content (AvgIpc) is 3.27. The van der Waals surface area contributed by atoms with Crippen LogP contribution in [0.3, 0.4) is 0 Å². The Hall–Kier alpha value is -4.46. The number of carbonyl (C=O) groups excluding carboxylic acids is 3. The quantitative estimate of drug-likeness (QED) is 0.268. The van der Waals surface area contributed by atoms with Crippen LogP contribution in [0.4, 0.5) is 10.1 Å². The minimum atomic E-state index is -0.594. The first kappa shape index (κ1) is 23.7. The van der Waals surface area contributed by atoms with Gasteiger partial charge in [0, 0.05) is 29.2 Å². The molecule has 0 fully saturated rings. The van der Waals surface area contributed by atoms with Crippen molar-refractivity contribution in [2.24, 2.45) is 0 Å². The summed E-state index contributed by atoms with van der Waals surface area (Å²) in [5.74, 6) is -1.38. The highest BCUT2D eigenvalue weighted by Crippen LogP contribution is 2.24. The number of aromatic amines is 1. The van der Waals surface area contributed by atoms with Gasteiger partial charge in [0.05, 0.1) is 17.7 Å². The van der Waals surface area contributed by atoms with E-state index in [4.69, 9.17) is 9.47 Å². The largest absolute Gasteiger partial charge is 0.462 e. The molecular formula is C27H23FN2O5. The third-order valence-electron chi connectivity index (χ3n) is 5.34. The number of aromatic nitrogens is 1. The van der Waals surface area contributed by atoms with E-state index < -0.39 is 11.9 Å².